The van der Waals surface area contributed by atoms with E-state index in [1.165, 1.54) is 4.90 Å². The molecule has 1 atom stereocenters. The summed E-state index contributed by atoms with van der Waals surface area (Å²) in [6.45, 7) is 8.94. The van der Waals surface area contributed by atoms with Gasteiger partial charge >= 0.3 is 0 Å². The third kappa shape index (κ3) is 5.93. The summed E-state index contributed by atoms with van der Waals surface area (Å²) < 4.78 is 11.8. The summed E-state index contributed by atoms with van der Waals surface area (Å²) in [5.41, 5.74) is 4.54. The van der Waals surface area contributed by atoms with Crippen molar-refractivity contribution in [1.29, 1.82) is 0 Å². The fourth-order valence-electron chi connectivity index (χ4n) is 5.10. The minimum Gasteiger partial charge on any atom is -0.507 e. The zero-order valence-electron chi connectivity index (χ0n) is 24.3. The molecule has 0 bridgehead atoms. The molecule has 1 aliphatic heterocycles. The molecule has 1 unspecified atom stereocenters. The van der Waals surface area contributed by atoms with Crippen LogP contribution in [-0.2, 0) is 16.2 Å². The summed E-state index contributed by atoms with van der Waals surface area (Å²) in [7, 11) is 0. The molecule has 1 saturated heterocycles. The van der Waals surface area contributed by atoms with Crippen molar-refractivity contribution in [2.45, 2.75) is 40.3 Å². The highest BCUT2D eigenvalue weighted by atomic mass is 16.5. The molecule has 1 aliphatic rings. The van der Waals surface area contributed by atoms with E-state index in [0.29, 0.717) is 41.9 Å². The van der Waals surface area contributed by atoms with E-state index in [1.807, 2.05) is 68.4 Å². The van der Waals surface area contributed by atoms with Gasteiger partial charge in [0.1, 0.15) is 23.9 Å². The Bertz CT molecular complexity index is 1620. The normalized spacial score (nSPS) is 16.2. The van der Waals surface area contributed by atoms with Gasteiger partial charge in [-0.25, -0.2) is 0 Å². The number of ketones is 1. The molecule has 42 heavy (non-hydrogen) atoms. The molecule has 1 N–H and O–H groups in total. The van der Waals surface area contributed by atoms with Gasteiger partial charge in [0.25, 0.3) is 11.7 Å². The Morgan fingerprint density at radius 1 is 0.833 bits per heavy atom. The molecule has 0 aliphatic carbocycles. The Labute approximate surface area is 246 Å². The molecule has 0 radical (unpaired) electrons. The molecule has 6 heteroatoms. The van der Waals surface area contributed by atoms with E-state index < -0.39 is 17.7 Å². The van der Waals surface area contributed by atoms with Gasteiger partial charge in [-0.15, -0.1) is 0 Å². The Hall–Kier alpha value is -4.84. The van der Waals surface area contributed by atoms with Crippen molar-refractivity contribution >= 4 is 23.1 Å². The minimum atomic E-state index is -0.803. The lowest BCUT2D eigenvalue weighted by molar-refractivity contribution is -0.132. The van der Waals surface area contributed by atoms with Gasteiger partial charge in [0.2, 0.25) is 0 Å². The summed E-state index contributed by atoms with van der Waals surface area (Å²) in [5.74, 6) is 0.0751. The fraction of sp³-hybridized carbons (Fsp3) is 0.222. The topological polar surface area (TPSA) is 76.1 Å². The largest absolute Gasteiger partial charge is 0.507 e. The summed E-state index contributed by atoms with van der Waals surface area (Å²) in [6, 6.07) is 29.1. The highest BCUT2D eigenvalue weighted by Crippen LogP contribution is 2.43. The van der Waals surface area contributed by atoms with E-state index in [2.05, 4.69) is 13.8 Å². The van der Waals surface area contributed by atoms with Crippen LogP contribution in [0.2, 0.25) is 0 Å². The van der Waals surface area contributed by atoms with Crippen LogP contribution >= 0.6 is 0 Å². The van der Waals surface area contributed by atoms with Crippen LogP contribution in [0.5, 0.6) is 11.5 Å². The van der Waals surface area contributed by atoms with E-state index in [0.717, 1.165) is 22.3 Å². The SMILES string of the molecule is Cc1cc(/C(O)=C2\C(=O)C(=O)N(c3ccc(OCC(C)C)cc3)C2c2ccccc2C)ccc1OCc1ccccc1. The lowest BCUT2D eigenvalue weighted by Crippen LogP contribution is -2.29. The first-order valence-corrected chi connectivity index (χ1v) is 14.1. The molecule has 1 amide bonds. The average Bonchev–Trinajstić information content (AvgIpc) is 3.25. The molecule has 4 aromatic carbocycles. The van der Waals surface area contributed by atoms with Crippen molar-refractivity contribution in [3.05, 3.63) is 130 Å². The van der Waals surface area contributed by atoms with Crippen molar-refractivity contribution < 1.29 is 24.2 Å². The van der Waals surface area contributed by atoms with Crippen molar-refractivity contribution in [3.8, 4) is 11.5 Å². The minimum absolute atomic E-state index is 0.0480. The van der Waals surface area contributed by atoms with Crippen LogP contribution in [0.25, 0.3) is 5.76 Å². The average molecular weight is 562 g/mol. The number of anilines is 1. The first kappa shape index (κ1) is 28.7. The maximum Gasteiger partial charge on any atom is 0.300 e. The Morgan fingerprint density at radius 3 is 2.19 bits per heavy atom. The van der Waals surface area contributed by atoms with Crippen molar-refractivity contribution in [2.24, 2.45) is 5.92 Å². The van der Waals surface area contributed by atoms with Crippen LogP contribution < -0.4 is 14.4 Å². The number of aliphatic hydroxyl groups is 1. The maximum absolute atomic E-state index is 13.6. The summed E-state index contributed by atoms with van der Waals surface area (Å²) in [5, 5.41) is 11.6. The number of amides is 1. The van der Waals surface area contributed by atoms with Crippen LogP contribution in [0, 0.1) is 19.8 Å². The predicted octanol–water partition coefficient (Wildman–Crippen LogP) is 7.54. The second-order valence-electron chi connectivity index (χ2n) is 11.0. The summed E-state index contributed by atoms with van der Waals surface area (Å²) in [6.07, 6.45) is 0. The van der Waals surface area contributed by atoms with E-state index >= 15 is 0 Å². The number of carbonyl (C=O) groups excluding carboxylic acids is 2. The Morgan fingerprint density at radius 2 is 1.52 bits per heavy atom. The highest BCUT2D eigenvalue weighted by molar-refractivity contribution is 6.51. The van der Waals surface area contributed by atoms with Gasteiger partial charge in [-0.1, -0.05) is 68.4 Å². The summed E-state index contributed by atoms with van der Waals surface area (Å²) >= 11 is 0. The number of hydrogen-bond acceptors (Lipinski definition) is 5. The molecule has 6 nitrogen and oxygen atoms in total. The number of aryl methyl sites for hydroxylation is 2. The predicted molar refractivity (Wildman–Crippen MR) is 165 cm³/mol. The lowest BCUT2D eigenvalue weighted by Gasteiger charge is -2.27. The molecule has 214 valence electrons. The van der Waals surface area contributed by atoms with E-state index in [-0.39, 0.29) is 11.3 Å². The van der Waals surface area contributed by atoms with Gasteiger partial charge in [-0.3, -0.25) is 14.5 Å². The first-order chi connectivity index (χ1) is 20.2. The maximum atomic E-state index is 13.6. The molecule has 1 heterocycles. The summed E-state index contributed by atoms with van der Waals surface area (Å²) in [4.78, 5) is 28.6. The third-order valence-electron chi connectivity index (χ3n) is 7.31. The number of aliphatic hydroxyl groups excluding tert-OH is 1. The number of nitrogens with zero attached hydrogens (tertiary/aromatic N) is 1. The molecular weight excluding hydrogens is 526 g/mol. The first-order valence-electron chi connectivity index (χ1n) is 14.1. The lowest BCUT2D eigenvalue weighted by atomic mass is 9.92. The number of Topliss-reactive ketones (excluding diaryl/α,β-unsaturated/α-hetero) is 1. The van der Waals surface area contributed by atoms with Crippen molar-refractivity contribution in [3.63, 3.8) is 0 Å². The number of carbonyl (C=O) groups is 2. The van der Waals surface area contributed by atoms with E-state index in [9.17, 15) is 14.7 Å². The number of rotatable bonds is 9. The quantitative estimate of drug-likeness (QED) is 0.130. The van der Waals surface area contributed by atoms with Crippen molar-refractivity contribution in [2.75, 3.05) is 11.5 Å². The second kappa shape index (κ2) is 12.4. The monoisotopic (exact) mass is 561 g/mol. The number of benzene rings is 4. The fourth-order valence-corrected chi connectivity index (χ4v) is 5.10. The molecule has 1 fully saturated rings. The molecule has 0 spiro atoms. The standard InChI is InChI=1S/C36H35NO5/c1-23(2)21-41-29-17-15-28(16-18-29)37-33(30-13-9-8-10-24(30)3)32(35(39)36(37)40)34(38)27-14-19-31(25(4)20-27)42-22-26-11-6-5-7-12-26/h5-20,23,33,38H,21-22H2,1-4H3/b34-32+. The molecule has 4 aromatic rings. The zero-order valence-corrected chi connectivity index (χ0v) is 24.3. The van der Waals surface area contributed by atoms with Crippen molar-refractivity contribution in [1.82, 2.24) is 0 Å². The van der Waals surface area contributed by atoms with Crippen LogP contribution in [-0.4, -0.2) is 23.4 Å². The Kier molecular flexibility index (Phi) is 8.43. The molecule has 0 saturated carbocycles. The van der Waals surface area contributed by atoms with Gasteiger partial charge < -0.3 is 14.6 Å². The highest BCUT2D eigenvalue weighted by Gasteiger charge is 2.47. The van der Waals surface area contributed by atoms with Gasteiger partial charge in [-0.2, -0.15) is 0 Å². The molecule has 0 aromatic heterocycles. The smallest absolute Gasteiger partial charge is 0.300 e. The van der Waals surface area contributed by atoms with E-state index in [4.69, 9.17) is 9.47 Å². The van der Waals surface area contributed by atoms with Gasteiger partial charge in [0.05, 0.1) is 18.2 Å². The molecule has 5 rings (SSSR count). The number of hydrogen-bond donors (Lipinski definition) is 1. The second-order valence-corrected chi connectivity index (χ2v) is 11.0. The van der Waals surface area contributed by atoms with Crippen LogP contribution in [0.1, 0.15) is 47.7 Å². The molecular formula is C36H35NO5. The number of ether oxygens (including phenoxy) is 2. The van der Waals surface area contributed by atoms with Gasteiger partial charge in [0, 0.05) is 11.3 Å². The van der Waals surface area contributed by atoms with Crippen LogP contribution in [0.15, 0.2) is 103 Å². The van der Waals surface area contributed by atoms with Gasteiger partial charge in [0.15, 0.2) is 0 Å². The van der Waals surface area contributed by atoms with Crippen LogP contribution in [0.4, 0.5) is 5.69 Å². The van der Waals surface area contributed by atoms with Gasteiger partial charge in [-0.05, 0) is 84.5 Å². The van der Waals surface area contributed by atoms with Crippen LogP contribution in [0.3, 0.4) is 0 Å². The van der Waals surface area contributed by atoms with E-state index in [1.54, 1.807) is 42.5 Å². The third-order valence-corrected chi connectivity index (χ3v) is 7.31. The Balaban J connectivity index is 1.52. The zero-order chi connectivity index (χ0) is 29.8.